The number of aryl methyl sites for hydroxylation is 2. The Bertz CT molecular complexity index is 368. The van der Waals surface area contributed by atoms with E-state index in [1.165, 1.54) is 0 Å². The van der Waals surface area contributed by atoms with E-state index >= 15 is 0 Å². The van der Waals surface area contributed by atoms with Crippen molar-refractivity contribution in [2.24, 2.45) is 0 Å². The number of carbonyl (C=O) groups is 1. The molecular weight excluding hydrogens is 190 g/mol. The van der Waals surface area contributed by atoms with Crippen LogP contribution in [0.1, 0.15) is 11.4 Å². The molecule has 15 heavy (non-hydrogen) atoms. The van der Waals surface area contributed by atoms with Crippen molar-refractivity contribution in [2.45, 2.75) is 13.8 Å². The summed E-state index contributed by atoms with van der Waals surface area (Å²) in [5.41, 5.74) is 4.76. The first kappa shape index (κ1) is 11.3. The predicted octanol–water partition coefficient (Wildman–Crippen LogP) is 0.398. The van der Waals surface area contributed by atoms with E-state index in [2.05, 4.69) is 16.7 Å². The van der Waals surface area contributed by atoms with Gasteiger partial charge < -0.3 is 0 Å². The average molecular weight is 205 g/mol. The molecule has 0 radical (unpaired) electrons. The summed E-state index contributed by atoms with van der Waals surface area (Å²) in [6.45, 7) is 4.49. The summed E-state index contributed by atoms with van der Waals surface area (Å²) in [6.07, 6.45) is 5.05. The zero-order valence-corrected chi connectivity index (χ0v) is 9.00. The van der Waals surface area contributed by atoms with Gasteiger partial charge in [-0.05, 0) is 26.0 Å². The first-order chi connectivity index (χ1) is 7.15. The van der Waals surface area contributed by atoms with Crippen molar-refractivity contribution in [1.82, 2.24) is 9.99 Å². The van der Waals surface area contributed by atoms with Crippen LogP contribution in [0.2, 0.25) is 0 Å². The standard InChI is InChI=1S/C11H15N3O/c1-4-7-12-8-11(15)13-14-9(2)5-6-10(14)3/h1,5-6,12H,7-8H2,2-3H3,(H,13,15). The van der Waals surface area contributed by atoms with Gasteiger partial charge in [-0.2, -0.15) is 0 Å². The molecule has 0 saturated carbocycles. The second kappa shape index (κ2) is 5.23. The molecule has 0 bridgehead atoms. The van der Waals surface area contributed by atoms with Crippen LogP contribution in [-0.4, -0.2) is 23.7 Å². The summed E-state index contributed by atoms with van der Waals surface area (Å²) >= 11 is 0. The molecule has 1 rings (SSSR count). The molecule has 0 aliphatic carbocycles. The van der Waals surface area contributed by atoms with Gasteiger partial charge in [0.2, 0.25) is 0 Å². The topological polar surface area (TPSA) is 46.1 Å². The highest BCUT2D eigenvalue weighted by Crippen LogP contribution is 2.03. The second-order valence-electron chi connectivity index (χ2n) is 3.29. The maximum atomic E-state index is 11.4. The van der Waals surface area contributed by atoms with Gasteiger partial charge in [-0.25, -0.2) is 0 Å². The third-order valence-corrected chi connectivity index (χ3v) is 2.02. The van der Waals surface area contributed by atoms with E-state index in [0.717, 1.165) is 11.4 Å². The first-order valence-electron chi connectivity index (χ1n) is 4.74. The molecule has 2 N–H and O–H groups in total. The van der Waals surface area contributed by atoms with Crippen molar-refractivity contribution in [3.63, 3.8) is 0 Å². The van der Waals surface area contributed by atoms with E-state index in [4.69, 9.17) is 6.42 Å². The minimum Gasteiger partial charge on any atom is -0.298 e. The molecule has 0 atom stereocenters. The zero-order valence-electron chi connectivity index (χ0n) is 9.00. The van der Waals surface area contributed by atoms with Crippen molar-refractivity contribution in [1.29, 1.82) is 0 Å². The van der Waals surface area contributed by atoms with Crippen LogP contribution < -0.4 is 10.7 Å². The molecule has 0 unspecified atom stereocenters. The Kier molecular flexibility index (Phi) is 3.95. The van der Waals surface area contributed by atoms with Crippen molar-refractivity contribution < 1.29 is 4.79 Å². The fraction of sp³-hybridized carbons (Fsp3) is 0.364. The van der Waals surface area contributed by atoms with Crippen molar-refractivity contribution >= 4 is 5.91 Å². The van der Waals surface area contributed by atoms with Crippen LogP contribution in [0.4, 0.5) is 0 Å². The van der Waals surface area contributed by atoms with E-state index in [0.29, 0.717) is 6.54 Å². The van der Waals surface area contributed by atoms with Gasteiger partial charge in [0, 0.05) is 11.4 Å². The summed E-state index contributed by atoms with van der Waals surface area (Å²) in [4.78, 5) is 11.4. The van der Waals surface area contributed by atoms with Crippen molar-refractivity contribution in [3.8, 4) is 12.3 Å². The summed E-state index contributed by atoms with van der Waals surface area (Å²) in [7, 11) is 0. The Labute approximate surface area is 89.6 Å². The van der Waals surface area contributed by atoms with E-state index < -0.39 is 0 Å². The summed E-state index contributed by atoms with van der Waals surface area (Å²) in [5.74, 6) is 2.30. The zero-order chi connectivity index (χ0) is 11.3. The third kappa shape index (κ3) is 3.15. The molecule has 0 aliphatic rings. The van der Waals surface area contributed by atoms with Crippen LogP contribution in [0.3, 0.4) is 0 Å². The van der Waals surface area contributed by atoms with Gasteiger partial charge in [-0.1, -0.05) is 5.92 Å². The van der Waals surface area contributed by atoms with E-state index in [1.54, 1.807) is 4.68 Å². The normalized spacial score (nSPS) is 9.67. The van der Waals surface area contributed by atoms with Crippen LogP contribution in [0.25, 0.3) is 0 Å². The number of hydrogen-bond donors (Lipinski definition) is 2. The molecule has 0 fully saturated rings. The molecule has 4 heteroatoms. The number of carbonyl (C=O) groups excluding carboxylic acids is 1. The third-order valence-electron chi connectivity index (χ3n) is 2.02. The van der Waals surface area contributed by atoms with Gasteiger partial charge in [0.25, 0.3) is 5.91 Å². The predicted molar refractivity (Wildman–Crippen MR) is 60.0 cm³/mol. The lowest BCUT2D eigenvalue weighted by molar-refractivity contribution is -0.116. The van der Waals surface area contributed by atoms with Gasteiger partial charge in [0.1, 0.15) is 0 Å². The largest absolute Gasteiger partial charge is 0.298 e. The lowest BCUT2D eigenvalue weighted by Gasteiger charge is -2.10. The average Bonchev–Trinajstić information content (AvgIpc) is 2.50. The number of nitrogens with zero attached hydrogens (tertiary/aromatic N) is 1. The number of amides is 1. The molecule has 0 aromatic carbocycles. The van der Waals surface area contributed by atoms with Crippen molar-refractivity contribution in [2.75, 3.05) is 18.5 Å². The Morgan fingerprint density at radius 2 is 2.07 bits per heavy atom. The molecule has 80 valence electrons. The van der Waals surface area contributed by atoms with Crippen LogP contribution in [0.15, 0.2) is 12.1 Å². The number of terminal acetylenes is 1. The summed E-state index contributed by atoms with van der Waals surface area (Å²) < 4.78 is 1.75. The molecule has 1 amide bonds. The van der Waals surface area contributed by atoms with Gasteiger partial charge in [0.15, 0.2) is 0 Å². The molecule has 1 heterocycles. The number of aromatic nitrogens is 1. The lowest BCUT2D eigenvalue weighted by Crippen LogP contribution is -2.33. The van der Waals surface area contributed by atoms with E-state index in [1.807, 2.05) is 26.0 Å². The Hall–Kier alpha value is -1.73. The summed E-state index contributed by atoms with van der Waals surface area (Å²) in [5, 5.41) is 2.82. The van der Waals surface area contributed by atoms with Gasteiger partial charge in [-0.3, -0.25) is 20.2 Å². The van der Waals surface area contributed by atoms with Gasteiger partial charge in [-0.15, -0.1) is 6.42 Å². The minimum absolute atomic E-state index is 0.104. The second-order valence-corrected chi connectivity index (χ2v) is 3.29. The van der Waals surface area contributed by atoms with Crippen LogP contribution in [-0.2, 0) is 4.79 Å². The Morgan fingerprint density at radius 1 is 1.47 bits per heavy atom. The highest BCUT2D eigenvalue weighted by molar-refractivity contribution is 5.85. The maximum Gasteiger partial charge on any atom is 0.252 e. The fourth-order valence-corrected chi connectivity index (χ4v) is 1.26. The van der Waals surface area contributed by atoms with E-state index in [-0.39, 0.29) is 12.5 Å². The molecule has 4 nitrogen and oxygen atoms in total. The van der Waals surface area contributed by atoms with Gasteiger partial charge >= 0.3 is 0 Å². The molecule has 0 spiro atoms. The number of hydrogen-bond acceptors (Lipinski definition) is 2. The summed E-state index contributed by atoms with van der Waals surface area (Å²) in [6, 6.07) is 3.90. The molecule has 0 saturated heterocycles. The smallest absolute Gasteiger partial charge is 0.252 e. The highest BCUT2D eigenvalue weighted by atomic mass is 16.2. The van der Waals surface area contributed by atoms with Crippen LogP contribution in [0.5, 0.6) is 0 Å². The van der Waals surface area contributed by atoms with Crippen LogP contribution >= 0.6 is 0 Å². The first-order valence-corrected chi connectivity index (χ1v) is 4.74. The molecular formula is C11H15N3O. The number of rotatable bonds is 4. The minimum atomic E-state index is -0.104. The molecule has 1 aromatic heterocycles. The van der Waals surface area contributed by atoms with Gasteiger partial charge in [0.05, 0.1) is 13.1 Å². The van der Waals surface area contributed by atoms with Crippen molar-refractivity contribution in [3.05, 3.63) is 23.5 Å². The Morgan fingerprint density at radius 3 is 2.60 bits per heavy atom. The van der Waals surface area contributed by atoms with Crippen LogP contribution in [0, 0.1) is 26.2 Å². The SMILES string of the molecule is C#CCNCC(=O)Nn1c(C)ccc1C. The fourth-order valence-electron chi connectivity index (χ4n) is 1.26. The Balaban J connectivity index is 2.48. The number of nitrogens with one attached hydrogen (secondary N) is 2. The maximum absolute atomic E-state index is 11.4. The quantitative estimate of drug-likeness (QED) is 0.552. The lowest BCUT2D eigenvalue weighted by atomic mass is 10.5. The highest BCUT2D eigenvalue weighted by Gasteiger charge is 2.04. The monoisotopic (exact) mass is 205 g/mol. The van der Waals surface area contributed by atoms with E-state index in [9.17, 15) is 4.79 Å². The molecule has 1 aromatic rings. The molecule has 0 aliphatic heterocycles.